The van der Waals surface area contributed by atoms with Crippen LogP contribution in [0.15, 0.2) is 71.2 Å². The first-order chi connectivity index (χ1) is 14.0. The van der Waals surface area contributed by atoms with Crippen LogP contribution in [0, 0.1) is 11.2 Å². The van der Waals surface area contributed by atoms with Crippen LogP contribution in [-0.4, -0.2) is 26.7 Å². The third-order valence-corrected chi connectivity index (χ3v) is 5.07. The second kappa shape index (κ2) is 9.43. The molecule has 2 N–H and O–H groups in total. The standard InChI is InChI=1S/C22H19BrFN3O2/c23-17-3-1-2-16(12-17)19(15-4-6-18(24)7-5-15)8-10-27-11-9-26-22(27)13-20(28)21(29)14-25/h1-7,9,11-14,19,25,28H,8,10H2/b20-13-,25-14?/t19-/m0/s1. The number of nitrogens with one attached hydrogen (secondary N) is 1. The fraction of sp³-hybridized carbons (Fsp3) is 0.136. The predicted molar refractivity (Wildman–Crippen MR) is 114 cm³/mol. The number of imidazole rings is 1. The normalized spacial score (nSPS) is 12.6. The van der Waals surface area contributed by atoms with E-state index < -0.39 is 11.5 Å². The Kier molecular flexibility index (Phi) is 6.72. The number of aryl methyl sites for hydroxylation is 1. The van der Waals surface area contributed by atoms with E-state index >= 15 is 0 Å². The van der Waals surface area contributed by atoms with Crippen molar-refractivity contribution in [1.82, 2.24) is 9.55 Å². The predicted octanol–water partition coefficient (Wildman–Crippen LogP) is 5.12. The topological polar surface area (TPSA) is 79.0 Å². The average Bonchev–Trinajstić information content (AvgIpc) is 3.15. The number of hydrogen-bond donors (Lipinski definition) is 2. The molecule has 0 bridgehead atoms. The highest BCUT2D eigenvalue weighted by Crippen LogP contribution is 2.30. The molecular weight excluding hydrogens is 437 g/mol. The molecule has 0 saturated heterocycles. The van der Waals surface area contributed by atoms with Crippen LogP contribution in [0.2, 0.25) is 0 Å². The van der Waals surface area contributed by atoms with E-state index in [1.54, 1.807) is 24.5 Å². The number of aliphatic hydroxyl groups excluding tert-OH is 1. The van der Waals surface area contributed by atoms with E-state index in [-0.39, 0.29) is 11.7 Å². The van der Waals surface area contributed by atoms with Gasteiger partial charge >= 0.3 is 0 Å². The molecule has 1 heterocycles. The summed E-state index contributed by atoms with van der Waals surface area (Å²) in [4.78, 5) is 15.6. The minimum absolute atomic E-state index is 0.0177. The van der Waals surface area contributed by atoms with E-state index in [0.717, 1.165) is 15.6 Å². The lowest BCUT2D eigenvalue weighted by Gasteiger charge is -2.19. The van der Waals surface area contributed by atoms with Crippen LogP contribution in [0.4, 0.5) is 4.39 Å². The van der Waals surface area contributed by atoms with E-state index in [1.165, 1.54) is 18.2 Å². The molecule has 2 aromatic carbocycles. The zero-order valence-corrected chi connectivity index (χ0v) is 17.0. The summed E-state index contributed by atoms with van der Waals surface area (Å²) in [5.41, 5.74) is 2.08. The molecule has 0 aliphatic rings. The monoisotopic (exact) mass is 455 g/mol. The summed E-state index contributed by atoms with van der Waals surface area (Å²) in [5.74, 6) is -1.16. The number of hydrogen-bond acceptors (Lipinski definition) is 4. The molecule has 0 amide bonds. The van der Waals surface area contributed by atoms with Crippen LogP contribution in [0.5, 0.6) is 0 Å². The molecule has 5 nitrogen and oxygen atoms in total. The third-order valence-electron chi connectivity index (χ3n) is 4.58. The maximum absolute atomic E-state index is 13.4. The summed E-state index contributed by atoms with van der Waals surface area (Å²) in [7, 11) is 0. The van der Waals surface area contributed by atoms with Gasteiger partial charge in [0.15, 0.2) is 5.76 Å². The first-order valence-electron chi connectivity index (χ1n) is 8.95. The molecule has 1 aromatic heterocycles. The quantitative estimate of drug-likeness (QED) is 0.281. The lowest BCUT2D eigenvalue weighted by molar-refractivity contribution is -0.111. The van der Waals surface area contributed by atoms with Crippen molar-refractivity contribution >= 4 is 34.0 Å². The van der Waals surface area contributed by atoms with Gasteiger partial charge in [0.05, 0.1) is 6.21 Å². The largest absolute Gasteiger partial charge is 0.504 e. The molecule has 0 unspecified atom stereocenters. The van der Waals surface area contributed by atoms with E-state index in [0.29, 0.717) is 25.0 Å². The molecule has 0 fully saturated rings. The van der Waals surface area contributed by atoms with E-state index in [2.05, 4.69) is 20.9 Å². The average molecular weight is 456 g/mol. The number of benzene rings is 2. The number of aromatic nitrogens is 2. The van der Waals surface area contributed by atoms with Gasteiger partial charge in [-0.3, -0.25) is 4.79 Å². The van der Waals surface area contributed by atoms with Crippen LogP contribution >= 0.6 is 15.9 Å². The van der Waals surface area contributed by atoms with Gasteiger partial charge in [-0.05, 0) is 41.8 Å². The Morgan fingerprint density at radius 1 is 1.24 bits per heavy atom. The van der Waals surface area contributed by atoms with Crippen molar-refractivity contribution in [2.75, 3.05) is 0 Å². The van der Waals surface area contributed by atoms with Crippen LogP contribution in [0.3, 0.4) is 0 Å². The van der Waals surface area contributed by atoms with Gasteiger partial charge in [-0.25, -0.2) is 9.37 Å². The molecule has 0 aliphatic carbocycles. The molecule has 0 radical (unpaired) electrons. The zero-order valence-electron chi connectivity index (χ0n) is 15.4. The molecular formula is C22H19BrFN3O2. The van der Waals surface area contributed by atoms with Crippen molar-refractivity contribution in [3.05, 3.63) is 93.9 Å². The smallest absolute Gasteiger partial charge is 0.237 e. The first kappa shape index (κ1) is 20.7. The van der Waals surface area contributed by atoms with Crippen LogP contribution < -0.4 is 0 Å². The Balaban J connectivity index is 1.87. The number of rotatable bonds is 8. The third kappa shape index (κ3) is 5.26. The summed E-state index contributed by atoms with van der Waals surface area (Å²) >= 11 is 3.50. The Morgan fingerprint density at radius 3 is 2.69 bits per heavy atom. The molecule has 3 aromatic rings. The first-order valence-corrected chi connectivity index (χ1v) is 9.74. The number of carbonyl (C=O) groups is 1. The SMILES string of the molecule is N=CC(=O)/C(O)=C/c1nccn1CC[C@@H](c1ccc(F)cc1)c1cccc(Br)c1. The lowest BCUT2D eigenvalue weighted by atomic mass is 9.88. The molecule has 148 valence electrons. The van der Waals surface area contributed by atoms with E-state index in [9.17, 15) is 14.3 Å². The summed E-state index contributed by atoms with van der Waals surface area (Å²) in [6.45, 7) is 0.562. The Hall–Kier alpha value is -3.06. The summed E-state index contributed by atoms with van der Waals surface area (Å²) in [5, 5.41) is 16.7. The van der Waals surface area contributed by atoms with Crippen molar-refractivity contribution in [2.45, 2.75) is 18.9 Å². The van der Waals surface area contributed by atoms with Crippen LogP contribution in [0.1, 0.15) is 29.3 Å². The molecule has 29 heavy (non-hydrogen) atoms. The highest BCUT2D eigenvalue weighted by atomic mass is 79.9. The van der Waals surface area contributed by atoms with Gasteiger partial charge in [0.1, 0.15) is 11.6 Å². The second-order valence-electron chi connectivity index (χ2n) is 6.46. The van der Waals surface area contributed by atoms with Gasteiger partial charge in [0, 0.05) is 35.4 Å². The van der Waals surface area contributed by atoms with Gasteiger partial charge in [0.2, 0.25) is 5.78 Å². The number of ketones is 1. The van der Waals surface area contributed by atoms with Gasteiger partial charge in [-0.2, -0.15) is 0 Å². The Bertz CT molecular complexity index is 1040. The fourth-order valence-corrected chi connectivity index (χ4v) is 3.55. The lowest BCUT2D eigenvalue weighted by Crippen LogP contribution is -2.09. The van der Waals surface area contributed by atoms with E-state index in [1.807, 2.05) is 28.8 Å². The van der Waals surface area contributed by atoms with Crippen LogP contribution in [-0.2, 0) is 11.3 Å². The van der Waals surface area contributed by atoms with Crippen molar-refractivity contribution in [2.24, 2.45) is 0 Å². The van der Waals surface area contributed by atoms with Crippen molar-refractivity contribution in [1.29, 1.82) is 5.41 Å². The maximum Gasteiger partial charge on any atom is 0.237 e. The molecule has 1 atom stereocenters. The minimum Gasteiger partial charge on any atom is -0.504 e. The molecule has 0 saturated carbocycles. The Morgan fingerprint density at radius 2 is 2.00 bits per heavy atom. The summed E-state index contributed by atoms with van der Waals surface area (Å²) in [6.07, 6.45) is 5.84. The number of carbonyl (C=O) groups excluding carboxylic acids is 1. The number of aliphatic hydroxyl groups is 1. The number of nitrogens with zero attached hydrogens (tertiary/aromatic N) is 2. The van der Waals surface area contributed by atoms with E-state index in [4.69, 9.17) is 5.41 Å². The van der Waals surface area contributed by atoms with Gasteiger partial charge in [-0.1, -0.05) is 40.2 Å². The molecule has 0 spiro atoms. The van der Waals surface area contributed by atoms with Crippen molar-refractivity contribution in [3.63, 3.8) is 0 Å². The summed E-state index contributed by atoms with van der Waals surface area (Å²) < 4.78 is 16.2. The zero-order chi connectivity index (χ0) is 20.8. The Labute approximate surface area is 176 Å². The van der Waals surface area contributed by atoms with Gasteiger partial charge < -0.3 is 15.1 Å². The van der Waals surface area contributed by atoms with Crippen molar-refractivity contribution < 1.29 is 14.3 Å². The summed E-state index contributed by atoms with van der Waals surface area (Å²) in [6, 6.07) is 14.4. The second-order valence-corrected chi connectivity index (χ2v) is 7.38. The minimum atomic E-state index is -0.780. The molecule has 3 rings (SSSR count). The van der Waals surface area contributed by atoms with Crippen molar-refractivity contribution in [3.8, 4) is 0 Å². The van der Waals surface area contributed by atoms with Crippen LogP contribution in [0.25, 0.3) is 6.08 Å². The van der Waals surface area contributed by atoms with Gasteiger partial charge in [0.25, 0.3) is 0 Å². The highest BCUT2D eigenvalue weighted by molar-refractivity contribution is 9.10. The fourth-order valence-electron chi connectivity index (χ4n) is 3.13. The number of Topliss-reactive ketones (excluding diaryl/α,β-unsaturated/α-hetero) is 1. The molecule has 0 aliphatic heterocycles. The highest BCUT2D eigenvalue weighted by Gasteiger charge is 2.16. The van der Waals surface area contributed by atoms with Gasteiger partial charge in [-0.15, -0.1) is 0 Å². The maximum atomic E-state index is 13.4. The molecule has 7 heteroatoms. The number of allylic oxidation sites excluding steroid dienone is 1. The number of halogens is 2.